The van der Waals surface area contributed by atoms with Crippen LogP contribution in [0.25, 0.3) is 0 Å². The molecular weight excluding hydrogens is 266 g/mol. The minimum Gasteiger partial charge on any atom is -0.480 e. The van der Waals surface area contributed by atoms with Crippen LogP contribution in [-0.2, 0) is 4.79 Å². The molecule has 1 aliphatic rings. The zero-order valence-electron chi connectivity index (χ0n) is 12.0. The molecule has 112 valence electrons. The van der Waals surface area contributed by atoms with E-state index in [1.54, 1.807) is 12.3 Å². The van der Waals surface area contributed by atoms with Gasteiger partial charge in [0.15, 0.2) is 0 Å². The lowest BCUT2D eigenvalue weighted by molar-refractivity contribution is -0.138. The fourth-order valence-corrected chi connectivity index (χ4v) is 1.79. The number of aliphatic imine (C=N–C) groups is 2. The average Bonchev–Trinajstić information content (AvgIpc) is 2.48. The van der Waals surface area contributed by atoms with Gasteiger partial charge in [0.05, 0.1) is 0 Å². The Morgan fingerprint density at radius 2 is 2.33 bits per heavy atom. The van der Waals surface area contributed by atoms with Gasteiger partial charge in [0, 0.05) is 12.4 Å². The number of nitrogens with two attached hydrogens (primary N) is 1. The molecule has 0 amide bonds. The maximum atomic E-state index is 11.0. The third kappa shape index (κ3) is 6.63. The van der Waals surface area contributed by atoms with Gasteiger partial charge in [-0.15, -0.1) is 0 Å². The highest BCUT2D eigenvalue weighted by Crippen LogP contribution is 2.16. The van der Waals surface area contributed by atoms with Crippen molar-refractivity contribution in [2.24, 2.45) is 15.7 Å². The molecule has 0 aromatic rings. The van der Waals surface area contributed by atoms with Gasteiger partial charge in [-0.3, -0.25) is 9.98 Å². The van der Waals surface area contributed by atoms with E-state index in [0.717, 1.165) is 17.6 Å². The standard InChI is InChI=1S/C16H21N3O2/c1-18-12-14-8-6-13(7-9-14)4-3-11-19-15(16(20)21)5-2-10-17/h3-4,6-8,11-12,15H,1-2,5,9-10,17H2,(H,20,21)/b4-3+,14-12-,19-11?. The van der Waals surface area contributed by atoms with Crippen LogP contribution in [0.2, 0.25) is 0 Å². The van der Waals surface area contributed by atoms with Crippen LogP contribution in [0.3, 0.4) is 0 Å². The van der Waals surface area contributed by atoms with Gasteiger partial charge in [0.2, 0.25) is 0 Å². The molecule has 0 spiro atoms. The van der Waals surface area contributed by atoms with Crippen LogP contribution in [0.1, 0.15) is 19.3 Å². The second kappa shape index (κ2) is 9.61. The van der Waals surface area contributed by atoms with Gasteiger partial charge in [-0.2, -0.15) is 0 Å². The van der Waals surface area contributed by atoms with E-state index in [0.29, 0.717) is 19.4 Å². The number of aliphatic carboxylic acids is 1. The number of hydrogen-bond donors (Lipinski definition) is 2. The molecule has 1 rings (SSSR count). The van der Waals surface area contributed by atoms with Crippen LogP contribution < -0.4 is 5.73 Å². The lowest BCUT2D eigenvalue weighted by Crippen LogP contribution is -2.19. The molecule has 1 unspecified atom stereocenters. The topological polar surface area (TPSA) is 88.0 Å². The van der Waals surface area contributed by atoms with Gasteiger partial charge in [0.1, 0.15) is 6.04 Å². The van der Waals surface area contributed by atoms with Gasteiger partial charge in [-0.05, 0) is 49.7 Å². The first-order chi connectivity index (χ1) is 10.2. The van der Waals surface area contributed by atoms with Gasteiger partial charge in [-0.25, -0.2) is 4.79 Å². The minimum absolute atomic E-state index is 0.460. The molecule has 0 fully saturated rings. The number of nitrogens with zero attached hydrogens (tertiary/aromatic N) is 2. The molecule has 0 aliphatic heterocycles. The van der Waals surface area contributed by atoms with Crippen LogP contribution >= 0.6 is 0 Å². The quantitative estimate of drug-likeness (QED) is 0.671. The van der Waals surface area contributed by atoms with E-state index in [4.69, 9.17) is 10.8 Å². The molecule has 0 heterocycles. The molecule has 0 aromatic heterocycles. The minimum atomic E-state index is -0.920. The van der Waals surface area contributed by atoms with Crippen molar-refractivity contribution < 1.29 is 9.90 Å². The fraction of sp³-hybridized carbons (Fsp3) is 0.312. The van der Waals surface area contributed by atoms with Crippen LogP contribution in [0.4, 0.5) is 0 Å². The van der Waals surface area contributed by atoms with Crippen LogP contribution in [0.15, 0.2) is 57.7 Å². The molecule has 0 radical (unpaired) electrons. The number of hydrogen-bond acceptors (Lipinski definition) is 4. The zero-order valence-corrected chi connectivity index (χ0v) is 12.0. The highest BCUT2D eigenvalue weighted by Gasteiger charge is 2.13. The van der Waals surface area contributed by atoms with Crippen molar-refractivity contribution in [3.63, 3.8) is 0 Å². The van der Waals surface area contributed by atoms with E-state index in [9.17, 15) is 4.79 Å². The summed E-state index contributed by atoms with van der Waals surface area (Å²) in [6.45, 7) is 3.89. The third-order valence-corrected chi connectivity index (χ3v) is 2.93. The van der Waals surface area contributed by atoms with Crippen molar-refractivity contribution in [1.82, 2.24) is 0 Å². The smallest absolute Gasteiger partial charge is 0.328 e. The van der Waals surface area contributed by atoms with E-state index in [-0.39, 0.29) is 0 Å². The first-order valence-electron chi connectivity index (χ1n) is 6.83. The number of carbonyl (C=O) groups is 1. The van der Waals surface area contributed by atoms with E-state index in [1.807, 2.05) is 18.2 Å². The van der Waals surface area contributed by atoms with Crippen molar-refractivity contribution in [3.05, 3.63) is 47.7 Å². The first-order valence-corrected chi connectivity index (χ1v) is 6.83. The monoisotopic (exact) mass is 287 g/mol. The molecule has 0 aromatic carbocycles. The summed E-state index contributed by atoms with van der Waals surface area (Å²) in [5, 5.41) is 9.01. The molecule has 0 saturated heterocycles. The van der Waals surface area contributed by atoms with Crippen molar-refractivity contribution in [2.75, 3.05) is 6.54 Å². The summed E-state index contributed by atoms with van der Waals surface area (Å²) in [5.41, 5.74) is 7.53. The first kappa shape index (κ1) is 16.8. The molecule has 3 N–H and O–H groups in total. The number of allylic oxidation sites excluding steroid dienone is 7. The van der Waals surface area contributed by atoms with E-state index >= 15 is 0 Å². The van der Waals surface area contributed by atoms with Gasteiger partial charge >= 0.3 is 5.97 Å². The van der Waals surface area contributed by atoms with E-state index in [1.165, 1.54) is 6.21 Å². The summed E-state index contributed by atoms with van der Waals surface area (Å²) in [4.78, 5) is 18.7. The molecule has 0 saturated carbocycles. The largest absolute Gasteiger partial charge is 0.480 e. The van der Waals surface area contributed by atoms with Crippen LogP contribution in [0.5, 0.6) is 0 Å². The lowest BCUT2D eigenvalue weighted by Gasteiger charge is -2.05. The molecule has 0 bridgehead atoms. The second-order valence-electron chi connectivity index (χ2n) is 4.57. The maximum absolute atomic E-state index is 11.0. The van der Waals surface area contributed by atoms with Crippen LogP contribution in [-0.4, -0.2) is 36.6 Å². The Kier molecular flexibility index (Phi) is 7.68. The van der Waals surface area contributed by atoms with Crippen LogP contribution in [0, 0.1) is 0 Å². The summed E-state index contributed by atoms with van der Waals surface area (Å²) < 4.78 is 0. The predicted molar refractivity (Wildman–Crippen MR) is 86.8 cm³/mol. The SMILES string of the molecule is C=N/C=C1/C=CC(/C=C/C=NC(CCCN)C(=O)O)=CC1. The zero-order chi connectivity index (χ0) is 15.5. The normalized spacial score (nSPS) is 18.3. The maximum Gasteiger partial charge on any atom is 0.328 e. The Hall–Kier alpha value is -2.27. The number of rotatable bonds is 8. The third-order valence-electron chi connectivity index (χ3n) is 2.93. The molecule has 5 heteroatoms. The number of carboxylic acids is 1. The van der Waals surface area contributed by atoms with E-state index < -0.39 is 12.0 Å². The highest BCUT2D eigenvalue weighted by atomic mass is 16.4. The molecular formula is C16H21N3O2. The summed E-state index contributed by atoms with van der Waals surface area (Å²) in [7, 11) is 0. The van der Waals surface area contributed by atoms with Crippen molar-refractivity contribution >= 4 is 18.9 Å². The Bertz CT molecular complexity index is 514. The molecule has 1 aliphatic carbocycles. The second-order valence-corrected chi connectivity index (χ2v) is 4.57. The Morgan fingerprint density at radius 1 is 1.52 bits per heavy atom. The molecule has 1 atom stereocenters. The molecule has 5 nitrogen and oxygen atoms in total. The number of carboxylic acid groups (broad SMARTS) is 1. The Morgan fingerprint density at radius 3 is 2.90 bits per heavy atom. The van der Waals surface area contributed by atoms with Crippen molar-refractivity contribution in [1.29, 1.82) is 0 Å². The van der Waals surface area contributed by atoms with E-state index in [2.05, 4.69) is 22.8 Å². The fourth-order valence-electron chi connectivity index (χ4n) is 1.79. The Balaban J connectivity index is 2.52. The summed E-state index contributed by atoms with van der Waals surface area (Å²) in [6.07, 6.45) is 14.8. The average molecular weight is 287 g/mol. The van der Waals surface area contributed by atoms with Gasteiger partial charge < -0.3 is 10.8 Å². The van der Waals surface area contributed by atoms with Crippen molar-refractivity contribution in [2.45, 2.75) is 25.3 Å². The highest BCUT2D eigenvalue weighted by molar-refractivity contribution is 5.79. The predicted octanol–water partition coefficient (Wildman–Crippen LogP) is 2.28. The molecule has 21 heavy (non-hydrogen) atoms. The van der Waals surface area contributed by atoms with Crippen molar-refractivity contribution in [3.8, 4) is 0 Å². The summed E-state index contributed by atoms with van der Waals surface area (Å²) in [5.74, 6) is -0.920. The summed E-state index contributed by atoms with van der Waals surface area (Å²) in [6, 6.07) is -0.720. The lowest BCUT2D eigenvalue weighted by atomic mass is 10.0. The Labute approximate surface area is 125 Å². The summed E-state index contributed by atoms with van der Waals surface area (Å²) >= 11 is 0. The van der Waals surface area contributed by atoms with Gasteiger partial charge in [0.25, 0.3) is 0 Å². The van der Waals surface area contributed by atoms with Gasteiger partial charge in [-0.1, -0.05) is 24.3 Å².